The van der Waals surface area contributed by atoms with E-state index in [1.165, 1.54) is 0 Å². The van der Waals surface area contributed by atoms with Gasteiger partial charge in [0.15, 0.2) is 12.4 Å². The van der Waals surface area contributed by atoms with E-state index in [0.29, 0.717) is 17.8 Å². The molecule has 0 aromatic carbocycles. The fourth-order valence-corrected chi connectivity index (χ4v) is 2.86. The van der Waals surface area contributed by atoms with E-state index in [2.05, 4.69) is 26.1 Å². The monoisotopic (exact) mass is 418 g/mol. The molecule has 1 fully saturated rings. The van der Waals surface area contributed by atoms with Crippen molar-refractivity contribution in [2.45, 2.75) is 43.2 Å². The Bertz CT molecular complexity index is 612. The fraction of sp³-hybridized carbons (Fsp3) is 0.600. The average molecular weight is 419 g/mol. The minimum Gasteiger partial charge on any atom is -0.394 e. The highest BCUT2D eigenvalue weighted by Gasteiger charge is 2.44. The molecule has 4 N–H and O–H groups in total. The van der Waals surface area contributed by atoms with Crippen molar-refractivity contribution in [1.29, 1.82) is 0 Å². The van der Waals surface area contributed by atoms with Gasteiger partial charge in [-0.3, -0.25) is 4.98 Å². The van der Waals surface area contributed by atoms with Crippen molar-refractivity contribution in [1.82, 2.24) is 4.98 Å². The SMILES string of the molecule is OC[C@H]1O[C@H](OC[C@@H]2CC(c3ccc(Br)cn3)=NO2)[C@H](O)[C@@H](O)[C@@H]1O. The molecule has 1 aromatic heterocycles. The van der Waals surface area contributed by atoms with Crippen LogP contribution in [0.2, 0.25) is 0 Å². The van der Waals surface area contributed by atoms with Crippen LogP contribution in [0.4, 0.5) is 0 Å². The van der Waals surface area contributed by atoms with Crippen LogP contribution < -0.4 is 0 Å². The van der Waals surface area contributed by atoms with Gasteiger partial charge < -0.3 is 34.7 Å². The molecule has 0 amide bonds. The maximum absolute atomic E-state index is 9.93. The molecule has 10 heteroatoms. The Hall–Kier alpha value is -1.14. The van der Waals surface area contributed by atoms with E-state index >= 15 is 0 Å². The molecule has 0 unspecified atom stereocenters. The van der Waals surface area contributed by atoms with Gasteiger partial charge in [0, 0.05) is 17.1 Å². The molecule has 3 heterocycles. The summed E-state index contributed by atoms with van der Waals surface area (Å²) in [5.41, 5.74) is 1.37. The number of nitrogens with zero attached hydrogens (tertiary/aromatic N) is 2. The summed E-state index contributed by atoms with van der Waals surface area (Å²) in [6.45, 7) is -0.459. The first-order valence-corrected chi connectivity index (χ1v) is 8.55. The third kappa shape index (κ3) is 4.17. The summed E-state index contributed by atoms with van der Waals surface area (Å²) in [6.07, 6.45) is -4.79. The zero-order valence-corrected chi connectivity index (χ0v) is 14.7. The quantitative estimate of drug-likeness (QED) is 0.485. The van der Waals surface area contributed by atoms with Gasteiger partial charge in [-0.15, -0.1) is 0 Å². The van der Waals surface area contributed by atoms with Crippen molar-refractivity contribution in [3.63, 3.8) is 0 Å². The lowest BCUT2D eigenvalue weighted by molar-refractivity contribution is -0.304. The van der Waals surface area contributed by atoms with Crippen LogP contribution in [0.25, 0.3) is 0 Å². The molecule has 9 nitrogen and oxygen atoms in total. The Morgan fingerprint density at radius 2 is 2.00 bits per heavy atom. The van der Waals surface area contributed by atoms with Gasteiger partial charge in [-0.05, 0) is 28.1 Å². The summed E-state index contributed by atoms with van der Waals surface area (Å²) in [4.78, 5) is 9.53. The number of hydrogen-bond donors (Lipinski definition) is 4. The molecule has 6 atom stereocenters. The Morgan fingerprint density at radius 3 is 2.68 bits per heavy atom. The smallest absolute Gasteiger partial charge is 0.186 e. The first kappa shape index (κ1) is 18.6. The molecule has 1 saturated heterocycles. The van der Waals surface area contributed by atoms with Crippen LogP contribution in [-0.4, -0.2) is 81.1 Å². The second kappa shape index (κ2) is 8.04. The van der Waals surface area contributed by atoms with E-state index in [-0.39, 0.29) is 6.61 Å². The molecule has 0 aliphatic carbocycles. The normalized spacial score (nSPS) is 35.3. The second-order valence-corrected chi connectivity index (χ2v) is 6.78. The molecular weight excluding hydrogens is 400 g/mol. The number of rotatable bonds is 5. The minimum absolute atomic E-state index is 0.0478. The minimum atomic E-state index is -1.47. The predicted octanol–water partition coefficient (Wildman–Crippen LogP) is -0.846. The van der Waals surface area contributed by atoms with Crippen LogP contribution in [-0.2, 0) is 14.3 Å². The number of aromatic nitrogens is 1. The number of halogens is 1. The highest BCUT2D eigenvalue weighted by Crippen LogP contribution is 2.23. The van der Waals surface area contributed by atoms with Crippen molar-refractivity contribution >= 4 is 21.6 Å². The fourth-order valence-electron chi connectivity index (χ4n) is 2.62. The molecule has 138 valence electrons. The first-order chi connectivity index (χ1) is 12.0. The summed E-state index contributed by atoms with van der Waals surface area (Å²) >= 11 is 3.31. The maximum Gasteiger partial charge on any atom is 0.186 e. The summed E-state index contributed by atoms with van der Waals surface area (Å²) in [6, 6.07) is 3.66. The molecule has 1 aromatic rings. The zero-order valence-electron chi connectivity index (χ0n) is 13.1. The third-order valence-electron chi connectivity index (χ3n) is 4.05. The summed E-state index contributed by atoms with van der Waals surface area (Å²) < 4.78 is 11.6. The van der Waals surface area contributed by atoms with Crippen molar-refractivity contribution in [3.05, 3.63) is 28.5 Å². The molecular formula is C15H19BrN2O7. The van der Waals surface area contributed by atoms with Crippen molar-refractivity contribution < 1.29 is 34.7 Å². The third-order valence-corrected chi connectivity index (χ3v) is 4.52. The number of hydrogen-bond acceptors (Lipinski definition) is 9. The van der Waals surface area contributed by atoms with E-state index < -0.39 is 43.4 Å². The van der Waals surface area contributed by atoms with Crippen LogP contribution in [0.1, 0.15) is 12.1 Å². The van der Waals surface area contributed by atoms with Crippen molar-refractivity contribution in [3.8, 4) is 0 Å². The molecule has 0 radical (unpaired) electrons. The van der Waals surface area contributed by atoms with Crippen LogP contribution in [0.3, 0.4) is 0 Å². The number of oxime groups is 1. The predicted molar refractivity (Wildman–Crippen MR) is 87.7 cm³/mol. The average Bonchev–Trinajstić information content (AvgIpc) is 3.09. The van der Waals surface area contributed by atoms with E-state index in [1.54, 1.807) is 6.20 Å². The molecule has 2 aliphatic heterocycles. The van der Waals surface area contributed by atoms with Crippen molar-refractivity contribution in [2.24, 2.45) is 5.16 Å². The van der Waals surface area contributed by atoms with Crippen LogP contribution in [0.15, 0.2) is 28.0 Å². The maximum atomic E-state index is 9.93. The van der Waals surface area contributed by atoms with Gasteiger partial charge in [-0.1, -0.05) is 5.16 Å². The summed E-state index contributed by atoms with van der Waals surface area (Å²) in [5, 5.41) is 42.5. The van der Waals surface area contributed by atoms with Crippen LogP contribution in [0.5, 0.6) is 0 Å². The van der Waals surface area contributed by atoms with Gasteiger partial charge in [0.2, 0.25) is 0 Å². The van der Waals surface area contributed by atoms with Gasteiger partial charge in [0.1, 0.15) is 30.1 Å². The molecule has 2 aliphatic rings. The number of aliphatic hydroxyl groups is 4. The Labute approximate surface area is 152 Å². The second-order valence-electron chi connectivity index (χ2n) is 5.86. The van der Waals surface area contributed by atoms with Gasteiger partial charge in [0.05, 0.1) is 18.9 Å². The van der Waals surface area contributed by atoms with E-state index in [9.17, 15) is 15.3 Å². The summed E-state index contributed by atoms with van der Waals surface area (Å²) in [7, 11) is 0. The standard InChI is InChI=1S/C15H19BrN2O7/c16-7-1-2-9(17-4-7)10-3-8(25-18-10)6-23-15-14(22)13(21)12(20)11(5-19)24-15/h1-2,4,8,11-15,19-22H,3,5-6H2/t8-,11+,12+,13-,14+,15-/m0/s1. The largest absolute Gasteiger partial charge is 0.394 e. The molecule has 25 heavy (non-hydrogen) atoms. The van der Waals surface area contributed by atoms with E-state index in [0.717, 1.165) is 4.47 Å². The lowest BCUT2D eigenvalue weighted by atomic mass is 9.99. The van der Waals surface area contributed by atoms with E-state index in [1.807, 2.05) is 12.1 Å². The highest BCUT2D eigenvalue weighted by molar-refractivity contribution is 9.10. The van der Waals surface area contributed by atoms with Gasteiger partial charge in [0.25, 0.3) is 0 Å². The van der Waals surface area contributed by atoms with Gasteiger partial charge >= 0.3 is 0 Å². The van der Waals surface area contributed by atoms with Gasteiger partial charge in [-0.2, -0.15) is 0 Å². The van der Waals surface area contributed by atoms with Crippen LogP contribution in [0, 0.1) is 0 Å². The topological polar surface area (TPSA) is 134 Å². The number of pyridine rings is 1. The molecule has 0 saturated carbocycles. The van der Waals surface area contributed by atoms with Crippen molar-refractivity contribution in [2.75, 3.05) is 13.2 Å². The first-order valence-electron chi connectivity index (χ1n) is 7.76. The molecule has 0 spiro atoms. The summed E-state index contributed by atoms with van der Waals surface area (Å²) in [5.74, 6) is 0. The number of aliphatic hydroxyl groups excluding tert-OH is 4. The lowest BCUT2D eigenvalue weighted by Gasteiger charge is -2.39. The van der Waals surface area contributed by atoms with Gasteiger partial charge in [-0.25, -0.2) is 0 Å². The lowest BCUT2D eigenvalue weighted by Crippen LogP contribution is -2.59. The Morgan fingerprint density at radius 1 is 1.20 bits per heavy atom. The van der Waals surface area contributed by atoms with Crippen LogP contribution >= 0.6 is 15.9 Å². The highest BCUT2D eigenvalue weighted by atomic mass is 79.9. The zero-order chi connectivity index (χ0) is 18.0. The molecule has 0 bridgehead atoms. The Kier molecular flexibility index (Phi) is 6.00. The Balaban J connectivity index is 1.52. The molecule has 3 rings (SSSR count). The van der Waals surface area contributed by atoms with E-state index in [4.69, 9.17) is 19.4 Å². The number of ether oxygens (including phenoxy) is 2.